The standard InChI is InChI=1S/C22H20N2O3/c1-26-19-11-7-8-17(14-19)15-23-24-22(25)16-27-21-13-6-5-12-20(21)18-9-3-2-4-10-18/h2-15H,16H2,1H3,(H,24,25)/b23-15+. The summed E-state index contributed by atoms with van der Waals surface area (Å²) in [6.45, 7) is -0.126. The van der Waals surface area contributed by atoms with Crippen molar-refractivity contribution in [2.75, 3.05) is 13.7 Å². The smallest absolute Gasteiger partial charge is 0.277 e. The molecule has 0 aliphatic carbocycles. The zero-order valence-corrected chi connectivity index (χ0v) is 15.0. The number of nitrogens with one attached hydrogen (secondary N) is 1. The first-order valence-corrected chi connectivity index (χ1v) is 8.49. The molecule has 27 heavy (non-hydrogen) atoms. The van der Waals surface area contributed by atoms with Crippen LogP contribution in [-0.4, -0.2) is 25.8 Å². The highest BCUT2D eigenvalue weighted by atomic mass is 16.5. The topological polar surface area (TPSA) is 59.9 Å². The van der Waals surface area contributed by atoms with Gasteiger partial charge in [0.05, 0.1) is 13.3 Å². The molecule has 1 amide bonds. The van der Waals surface area contributed by atoms with Crippen molar-refractivity contribution in [2.45, 2.75) is 0 Å². The Hall–Kier alpha value is -3.60. The van der Waals surface area contributed by atoms with E-state index >= 15 is 0 Å². The number of rotatable bonds is 7. The molecule has 0 saturated heterocycles. The number of para-hydroxylation sites is 1. The van der Waals surface area contributed by atoms with Gasteiger partial charge < -0.3 is 9.47 Å². The number of hydrazone groups is 1. The molecular weight excluding hydrogens is 340 g/mol. The molecule has 0 heterocycles. The van der Waals surface area contributed by atoms with Crippen molar-refractivity contribution in [1.29, 1.82) is 0 Å². The largest absolute Gasteiger partial charge is 0.497 e. The van der Waals surface area contributed by atoms with E-state index in [9.17, 15) is 4.79 Å². The predicted octanol–water partition coefficient (Wildman–Crippen LogP) is 3.89. The summed E-state index contributed by atoms with van der Waals surface area (Å²) in [5, 5.41) is 3.95. The average Bonchev–Trinajstić information content (AvgIpc) is 2.73. The zero-order valence-electron chi connectivity index (χ0n) is 15.0. The van der Waals surface area contributed by atoms with Crippen molar-refractivity contribution in [1.82, 2.24) is 5.43 Å². The van der Waals surface area contributed by atoms with Gasteiger partial charge in [-0.15, -0.1) is 0 Å². The number of amides is 1. The first-order valence-electron chi connectivity index (χ1n) is 8.49. The van der Waals surface area contributed by atoms with Crippen LogP contribution in [0.1, 0.15) is 5.56 Å². The highest BCUT2D eigenvalue weighted by molar-refractivity contribution is 5.83. The Kier molecular flexibility index (Phi) is 6.20. The van der Waals surface area contributed by atoms with E-state index in [4.69, 9.17) is 9.47 Å². The molecule has 0 aliphatic rings. The molecular formula is C22H20N2O3. The van der Waals surface area contributed by atoms with E-state index < -0.39 is 0 Å². The van der Waals surface area contributed by atoms with Crippen LogP contribution in [0.25, 0.3) is 11.1 Å². The van der Waals surface area contributed by atoms with E-state index in [1.165, 1.54) is 0 Å². The van der Waals surface area contributed by atoms with Crippen LogP contribution < -0.4 is 14.9 Å². The van der Waals surface area contributed by atoms with Gasteiger partial charge in [-0.2, -0.15) is 5.10 Å². The lowest BCUT2D eigenvalue weighted by Gasteiger charge is -2.10. The van der Waals surface area contributed by atoms with E-state index in [0.29, 0.717) is 5.75 Å². The molecule has 5 nitrogen and oxygen atoms in total. The number of hydrogen-bond donors (Lipinski definition) is 1. The quantitative estimate of drug-likeness (QED) is 0.514. The van der Waals surface area contributed by atoms with Crippen LogP contribution in [0.3, 0.4) is 0 Å². The third-order valence-electron chi connectivity index (χ3n) is 3.83. The summed E-state index contributed by atoms with van der Waals surface area (Å²) in [7, 11) is 1.60. The van der Waals surface area contributed by atoms with Crippen molar-refractivity contribution < 1.29 is 14.3 Å². The number of carbonyl (C=O) groups excluding carboxylic acids is 1. The Morgan fingerprint density at radius 2 is 1.78 bits per heavy atom. The Bertz CT molecular complexity index is 924. The second-order valence-electron chi connectivity index (χ2n) is 5.72. The van der Waals surface area contributed by atoms with Gasteiger partial charge in [-0.05, 0) is 29.3 Å². The van der Waals surface area contributed by atoms with Crippen molar-refractivity contribution in [3.63, 3.8) is 0 Å². The maximum Gasteiger partial charge on any atom is 0.277 e. The number of carbonyl (C=O) groups is 1. The van der Waals surface area contributed by atoms with E-state index in [1.54, 1.807) is 13.3 Å². The van der Waals surface area contributed by atoms with E-state index in [0.717, 1.165) is 22.4 Å². The number of hydrogen-bond acceptors (Lipinski definition) is 4. The minimum absolute atomic E-state index is 0.126. The molecule has 0 aromatic heterocycles. The molecule has 0 radical (unpaired) electrons. The molecule has 3 rings (SSSR count). The first-order chi connectivity index (χ1) is 13.3. The van der Waals surface area contributed by atoms with Gasteiger partial charge in [-0.1, -0.05) is 60.7 Å². The molecule has 5 heteroatoms. The monoisotopic (exact) mass is 360 g/mol. The predicted molar refractivity (Wildman–Crippen MR) is 106 cm³/mol. The highest BCUT2D eigenvalue weighted by Gasteiger charge is 2.07. The second-order valence-corrected chi connectivity index (χ2v) is 5.72. The molecule has 136 valence electrons. The second kappa shape index (κ2) is 9.20. The SMILES string of the molecule is COc1cccc(/C=N/NC(=O)COc2ccccc2-c2ccccc2)c1. The van der Waals surface area contributed by atoms with Crippen LogP contribution in [0.4, 0.5) is 0 Å². The van der Waals surface area contributed by atoms with Crippen molar-refractivity contribution >= 4 is 12.1 Å². The Morgan fingerprint density at radius 1 is 1.00 bits per heavy atom. The number of ether oxygens (including phenoxy) is 2. The lowest BCUT2D eigenvalue weighted by atomic mass is 10.1. The average molecular weight is 360 g/mol. The van der Waals surface area contributed by atoms with Gasteiger partial charge in [0, 0.05) is 5.56 Å². The van der Waals surface area contributed by atoms with Gasteiger partial charge in [0.2, 0.25) is 0 Å². The Labute approximate surface area is 158 Å². The summed E-state index contributed by atoms with van der Waals surface area (Å²) in [6.07, 6.45) is 1.55. The maximum atomic E-state index is 12.0. The van der Waals surface area contributed by atoms with Crippen molar-refractivity contribution in [3.8, 4) is 22.6 Å². The molecule has 0 spiro atoms. The van der Waals surface area contributed by atoms with E-state index in [1.807, 2.05) is 78.9 Å². The lowest BCUT2D eigenvalue weighted by Crippen LogP contribution is -2.24. The van der Waals surface area contributed by atoms with Crippen molar-refractivity contribution in [3.05, 3.63) is 84.4 Å². The van der Waals surface area contributed by atoms with Gasteiger partial charge in [0.1, 0.15) is 11.5 Å². The van der Waals surface area contributed by atoms with Gasteiger partial charge in [-0.25, -0.2) is 5.43 Å². The molecule has 0 saturated carbocycles. The summed E-state index contributed by atoms with van der Waals surface area (Å²) < 4.78 is 10.8. The van der Waals surface area contributed by atoms with Crippen LogP contribution in [0, 0.1) is 0 Å². The number of nitrogens with zero attached hydrogens (tertiary/aromatic N) is 1. The van der Waals surface area contributed by atoms with Crippen LogP contribution in [0.2, 0.25) is 0 Å². The van der Waals surface area contributed by atoms with Gasteiger partial charge in [-0.3, -0.25) is 4.79 Å². The molecule has 0 bridgehead atoms. The molecule has 1 N–H and O–H groups in total. The van der Waals surface area contributed by atoms with Crippen LogP contribution in [0.5, 0.6) is 11.5 Å². The van der Waals surface area contributed by atoms with Crippen molar-refractivity contribution in [2.24, 2.45) is 5.10 Å². The third-order valence-corrected chi connectivity index (χ3v) is 3.83. The number of benzene rings is 3. The first kappa shape index (κ1) is 18.2. The molecule has 0 fully saturated rings. The van der Waals surface area contributed by atoms with Gasteiger partial charge >= 0.3 is 0 Å². The fourth-order valence-electron chi connectivity index (χ4n) is 2.52. The summed E-state index contributed by atoms with van der Waals surface area (Å²) in [6, 6.07) is 24.9. The fourth-order valence-corrected chi connectivity index (χ4v) is 2.52. The van der Waals surface area contributed by atoms with Gasteiger partial charge in [0.15, 0.2) is 6.61 Å². The van der Waals surface area contributed by atoms with E-state index in [2.05, 4.69) is 10.5 Å². The normalized spacial score (nSPS) is 10.6. The Morgan fingerprint density at radius 3 is 2.59 bits per heavy atom. The van der Waals surface area contributed by atoms with Gasteiger partial charge in [0.25, 0.3) is 5.91 Å². The minimum Gasteiger partial charge on any atom is -0.497 e. The summed E-state index contributed by atoms with van der Waals surface area (Å²) in [5.74, 6) is 1.04. The minimum atomic E-state index is -0.336. The molecule has 0 unspecified atom stereocenters. The highest BCUT2D eigenvalue weighted by Crippen LogP contribution is 2.29. The van der Waals surface area contributed by atoms with E-state index in [-0.39, 0.29) is 12.5 Å². The number of methoxy groups -OCH3 is 1. The maximum absolute atomic E-state index is 12.0. The Balaban J connectivity index is 1.58. The fraction of sp³-hybridized carbons (Fsp3) is 0.0909. The van der Waals surface area contributed by atoms with Crippen LogP contribution in [0.15, 0.2) is 84.0 Å². The summed E-state index contributed by atoms with van der Waals surface area (Å²) in [5.41, 5.74) is 5.25. The van der Waals surface area contributed by atoms with Crippen LogP contribution >= 0.6 is 0 Å². The lowest BCUT2D eigenvalue weighted by molar-refractivity contribution is -0.123. The molecule has 0 aliphatic heterocycles. The molecule has 3 aromatic carbocycles. The van der Waals surface area contributed by atoms with Crippen LogP contribution in [-0.2, 0) is 4.79 Å². The third kappa shape index (κ3) is 5.19. The summed E-state index contributed by atoms with van der Waals surface area (Å²) in [4.78, 5) is 12.0. The summed E-state index contributed by atoms with van der Waals surface area (Å²) >= 11 is 0. The zero-order chi connectivity index (χ0) is 18.9. The molecule has 0 atom stereocenters. The molecule has 3 aromatic rings.